The number of carbonyl (C=O) groups excluding carboxylic acids is 1. The molecule has 4 nitrogen and oxygen atoms in total. The Morgan fingerprint density at radius 2 is 1.95 bits per heavy atom. The zero-order valence-corrected chi connectivity index (χ0v) is 12.7. The Morgan fingerprint density at radius 3 is 2.59 bits per heavy atom. The fourth-order valence-corrected chi connectivity index (χ4v) is 2.94. The first-order chi connectivity index (χ1) is 10.6. The molecule has 3 rings (SSSR count). The van der Waals surface area contributed by atoms with E-state index in [0.29, 0.717) is 13.1 Å². The fraction of sp³-hybridized carbons (Fsp3) is 0.353. The maximum absolute atomic E-state index is 13.1. The number of carbonyl (C=O) groups is 1. The van der Waals surface area contributed by atoms with Crippen LogP contribution in [-0.2, 0) is 17.9 Å². The Balaban J connectivity index is 1.84. The van der Waals surface area contributed by atoms with Crippen LogP contribution in [-0.4, -0.2) is 20.8 Å². The number of hydrogen-bond donors (Lipinski definition) is 0. The van der Waals surface area contributed by atoms with E-state index in [1.807, 2.05) is 13.8 Å². The number of fused-ring (bicyclic) bond motifs is 1. The number of hydrogen-bond acceptors (Lipinski definition) is 3. The van der Waals surface area contributed by atoms with Crippen molar-refractivity contribution in [3.05, 3.63) is 59.4 Å². The Bertz CT molecular complexity index is 660. The van der Waals surface area contributed by atoms with E-state index in [4.69, 9.17) is 0 Å². The van der Waals surface area contributed by atoms with Crippen LogP contribution in [0.4, 0.5) is 4.39 Å². The molecule has 1 aromatic heterocycles. The lowest BCUT2D eigenvalue weighted by Gasteiger charge is -2.26. The number of halogens is 1. The van der Waals surface area contributed by atoms with Gasteiger partial charge in [0.25, 0.3) is 0 Å². The third kappa shape index (κ3) is 2.71. The highest BCUT2D eigenvalue weighted by atomic mass is 19.1. The molecule has 114 valence electrons. The molecule has 0 N–H and O–H groups in total. The molecule has 1 aliphatic rings. The molecule has 0 aliphatic carbocycles. The van der Waals surface area contributed by atoms with Gasteiger partial charge in [-0.15, -0.1) is 0 Å². The van der Waals surface area contributed by atoms with E-state index in [9.17, 15) is 9.18 Å². The van der Waals surface area contributed by atoms with Crippen molar-refractivity contribution < 1.29 is 9.18 Å². The van der Waals surface area contributed by atoms with Gasteiger partial charge in [-0.05, 0) is 23.6 Å². The minimum atomic E-state index is -0.289. The number of amides is 1. The van der Waals surface area contributed by atoms with Crippen LogP contribution in [0.25, 0.3) is 0 Å². The van der Waals surface area contributed by atoms with Crippen molar-refractivity contribution in [2.75, 3.05) is 0 Å². The lowest BCUT2D eigenvalue weighted by molar-refractivity contribution is -0.134. The lowest BCUT2D eigenvalue weighted by Crippen LogP contribution is -2.33. The molecule has 1 atom stereocenters. The SMILES string of the molecule is CC(C)[C@@H](C(=O)N1Cc2cncnc2C1)c1ccc(F)cc1. The predicted octanol–water partition coefficient (Wildman–Crippen LogP) is 2.90. The first-order valence-corrected chi connectivity index (χ1v) is 7.38. The third-order valence-electron chi connectivity index (χ3n) is 4.06. The van der Waals surface area contributed by atoms with Crippen molar-refractivity contribution >= 4 is 5.91 Å². The minimum absolute atomic E-state index is 0.0552. The Labute approximate surface area is 129 Å². The molecule has 5 heteroatoms. The van der Waals surface area contributed by atoms with Crippen LogP contribution >= 0.6 is 0 Å². The summed E-state index contributed by atoms with van der Waals surface area (Å²) in [7, 11) is 0. The molecule has 0 spiro atoms. The summed E-state index contributed by atoms with van der Waals surface area (Å²) in [5.41, 5.74) is 2.76. The molecule has 1 amide bonds. The van der Waals surface area contributed by atoms with Crippen LogP contribution < -0.4 is 0 Å². The molecule has 2 aromatic rings. The number of rotatable bonds is 3. The summed E-state index contributed by atoms with van der Waals surface area (Å²) < 4.78 is 13.1. The summed E-state index contributed by atoms with van der Waals surface area (Å²) in [5, 5.41) is 0. The van der Waals surface area contributed by atoms with Crippen molar-refractivity contribution in [2.24, 2.45) is 5.92 Å². The average molecular weight is 299 g/mol. The lowest BCUT2D eigenvalue weighted by atomic mass is 9.87. The summed E-state index contributed by atoms with van der Waals surface area (Å²) in [6.45, 7) is 5.07. The van der Waals surface area contributed by atoms with Crippen molar-refractivity contribution in [3.63, 3.8) is 0 Å². The topological polar surface area (TPSA) is 46.1 Å². The molecule has 1 aromatic carbocycles. The Morgan fingerprint density at radius 1 is 1.23 bits per heavy atom. The van der Waals surface area contributed by atoms with Crippen molar-refractivity contribution in [3.8, 4) is 0 Å². The first kappa shape index (κ1) is 14.6. The molecular formula is C17H18FN3O. The largest absolute Gasteiger partial charge is 0.332 e. The highest BCUT2D eigenvalue weighted by Gasteiger charge is 2.32. The molecule has 2 heterocycles. The molecule has 0 radical (unpaired) electrons. The van der Waals surface area contributed by atoms with Crippen molar-refractivity contribution in [1.82, 2.24) is 14.9 Å². The molecule has 0 saturated carbocycles. The Kier molecular flexibility index (Phi) is 3.88. The molecular weight excluding hydrogens is 281 g/mol. The maximum Gasteiger partial charge on any atom is 0.231 e. The van der Waals surface area contributed by atoms with Gasteiger partial charge >= 0.3 is 0 Å². The summed E-state index contributed by atoms with van der Waals surface area (Å²) in [4.78, 5) is 23.0. The standard InChI is InChI=1S/C17H18FN3O/c1-11(2)16(12-3-5-14(18)6-4-12)17(22)21-8-13-7-19-10-20-15(13)9-21/h3-7,10-11,16H,8-9H2,1-2H3/t16-/m1/s1. The highest BCUT2D eigenvalue weighted by molar-refractivity contribution is 5.84. The fourth-order valence-electron chi connectivity index (χ4n) is 2.94. The second-order valence-corrected chi connectivity index (χ2v) is 5.96. The summed E-state index contributed by atoms with van der Waals surface area (Å²) in [6, 6.07) is 6.20. The van der Waals surface area contributed by atoms with Crippen LogP contribution in [0, 0.1) is 11.7 Å². The van der Waals surface area contributed by atoms with Gasteiger partial charge in [-0.25, -0.2) is 14.4 Å². The second-order valence-electron chi connectivity index (χ2n) is 5.96. The number of aromatic nitrogens is 2. The summed E-state index contributed by atoms with van der Waals surface area (Å²) >= 11 is 0. The average Bonchev–Trinajstić information content (AvgIpc) is 2.93. The van der Waals surface area contributed by atoms with Gasteiger partial charge in [0, 0.05) is 18.3 Å². The molecule has 0 fully saturated rings. The normalized spacial score (nSPS) is 15.0. The van der Waals surface area contributed by atoms with E-state index >= 15 is 0 Å². The van der Waals surface area contributed by atoms with E-state index in [1.54, 1.807) is 23.2 Å². The summed E-state index contributed by atoms with van der Waals surface area (Å²) in [5.74, 6) is -0.377. The van der Waals surface area contributed by atoms with Gasteiger partial charge < -0.3 is 4.90 Å². The highest BCUT2D eigenvalue weighted by Crippen LogP contribution is 2.30. The van der Waals surface area contributed by atoms with Gasteiger partial charge in [-0.3, -0.25) is 4.79 Å². The minimum Gasteiger partial charge on any atom is -0.332 e. The molecule has 0 unspecified atom stereocenters. The first-order valence-electron chi connectivity index (χ1n) is 7.38. The van der Waals surface area contributed by atoms with E-state index in [1.165, 1.54) is 18.5 Å². The van der Waals surface area contributed by atoms with Crippen LogP contribution in [0.15, 0.2) is 36.8 Å². The van der Waals surface area contributed by atoms with Gasteiger partial charge in [-0.2, -0.15) is 0 Å². The van der Waals surface area contributed by atoms with Gasteiger partial charge in [-0.1, -0.05) is 26.0 Å². The maximum atomic E-state index is 13.1. The predicted molar refractivity (Wildman–Crippen MR) is 80.3 cm³/mol. The van der Waals surface area contributed by atoms with E-state index < -0.39 is 0 Å². The zero-order chi connectivity index (χ0) is 15.7. The van der Waals surface area contributed by atoms with E-state index in [2.05, 4.69) is 9.97 Å². The Hall–Kier alpha value is -2.30. The van der Waals surface area contributed by atoms with Crippen LogP contribution in [0.3, 0.4) is 0 Å². The molecule has 0 bridgehead atoms. The van der Waals surface area contributed by atoms with E-state index in [0.717, 1.165) is 16.8 Å². The second kappa shape index (κ2) is 5.83. The van der Waals surface area contributed by atoms with Gasteiger partial charge in [0.15, 0.2) is 0 Å². The van der Waals surface area contributed by atoms with Crippen LogP contribution in [0.1, 0.15) is 36.6 Å². The van der Waals surface area contributed by atoms with Gasteiger partial charge in [0.2, 0.25) is 5.91 Å². The smallest absolute Gasteiger partial charge is 0.231 e. The van der Waals surface area contributed by atoms with Crippen LogP contribution in [0.2, 0.25) is 0 Å². The zero-order valence-electron chi connectivity index (χ0n) is 12.7. The van der Waals surface area contributed by atoms with Crippen LogP contribution in [0.5, 0.6) is 0 Å². The van der Waals surface area contributed by atoms with Gasteiger partial charge in [0.1, 0.15) is 12.1 Å². The molecule has 0 saturated heterocycles. The summed E-state index contributed by atoms with van der Waals surface area (Å²) in [6.07, 6.45) is 3.27. The monoisotopic (exact) mass is 299 g/mol. The molecule has 22 heavy (non-hydrogen) atoms. The van der Waals surface area contributed by atoms with E-state index in [-0.39, 0.29) is 23.6 Å². The number of nitrogens with zero attached hydrogens (tertiary/aromatic N) is 3. The van der Waals surface area contributed by atoms with Gasteiger partial charge in [0.05, 0.1) is 18.2 Å². The molecule has 1 aliphatic heterocycles. The van der Waals surface area contributed by atoms with Crippen molar-refractivity contribution in [2.45, 2.75) is 32.9 Å². The number of benzene rings is 1. The van der Waals surface area contributed by atoms with Crippen molar-refractivity contribution in [1.29, 1.82) is 0 Å². The third-order valence-corrected chi connectivity index (χ3v) is 4.06. The quantitative estimate of drug-likeness (QED) is 0.875.